The molecule has 0 saturated carbocycles. The van der Waals surface area contributed by atoms with Gasteiger partial charge in [0, 0.05) is 0 Å². The fourth-order valence-electron chi connectivity index (χ4n) is 1.71. The molecule has 2 heterocycles. The van der Waals surface area contributed by atoms with Crippen LogP contribution in [-0.4, -0.2) is 38.1 Å². The fourth-order valence-corrected chi connectivity index (χ4v) is 1.71. The molecule has 1 aromatic rings. The Morgan fingerprint density at radius 2 is 2.06 bits per heavy atom. The van der Waals surface area contributed by atoms with Gasteiger partial charge in [0.25, 0.3) is 5.56 Å². The van der Waals surface area contributed by atoms with E-state index in [2.05, 4.69) is 0 Å². The number of hydrogen-bond donors (Lipinski definition) is 3. The lowest BCUT2D eigenvalue weighted by Crippen LogP contribution is -2.38. The standard InChI is InChI=1S/C9H11FN2O5/c1-3-5(13)6(14)8(17-3)12-2-4(10)7(15)11-9(12)16/h2-3,5-6,8,13-14H,1H3,(H,11,15,16)/t3-,5?,6?,8-/m1/s1. The third-order valence-electron chi connectivity index (χ3n) is 2.68. The average molecular weight is 246 g/mol. The van der Waals surface area contributed by atoms with Crippen LogP contribution in [0.25, 0.3) is 0 Å². The molecule has 0 aliphatic carbocycles. The summed E-state index contributed by atoms with van der Waals surface area (Å²) < 4.78 is 18.9. The molecule has 0 bridgehead atoms. The van der Waals surface area contributed by atoms with Gasteiger partial charge in [-0.15, -0.1) is 0 Å². The maximum absolute atomic E-state index is 13.0. The summed E-state index contributed by atoms with van der Waals surface area (Å²) in [6.45, 7) is 1.50. The van der Waals surface area contributed by atoms with E-state index in [1.54, 1.807) is 4.98 Å². The van der Waals surface area contributed by atoms with Gasteiger partial charge in [0.2, 0.25) is 5.82 Å². The first-order chi connectivity index (χ1) is 7.91. The summed E-state index contributed by atoms with van der Waals surface area (Å²) in [5.74, 6) is -1.17. The molecule has 0 spiro atoms. The molecule has 2 unspecified atom stereocenters. The van der Waals surface area contributed by atoms with E-state index in [9.17, 15) is 24.2 Å². The van der Waals surface area contributed by atoms with Crippen molar-refractivity contribution in [2.75, 3.05) is 0 Å². The van der Waals surface area contributed by atoms with Crippen molar-refractivity contribution in [1.29, 1.82) is 0 Å². The van der Waals surface area contributed by atoms with Crippen LogP contribution in [0, 0.1) is 5.82 Å². The van der Waals surface area contributed by atoms with E-state index >= 15 is 0 Å². The summed E-state index contributed by atoms with van der Waals surface area (Å²) in [6, 6.07) is 0. The molecule has 1 aliphatic heterocycles. The molecule has 1 aromatic heterocycles. The normalized spacial score (nSPS) is 32.9. The van der Waals surface area contributed by atoms with Crippen LogP contribution in [0.4, 0.5) is 4.39 Å². The van der Waals surface area contributed by atoms with Gasteiger partial charge in [-0.05, 0) is 6.92 Å². The monoisotopic (exact) mass is 246 g/mol. The predicted molar refractivity (Wildman–Crippen MR) is 52.9 cm³/mol. The SMILES string of the molecule is C[C@H]1O[C@@H](n2cc(F)c(=O)[nH]c2=O)C(O)C1O. The maximum Gasteiger partial charge on any atom is 0.330 e. The van der Waals surface area contributed by atoms with Crippen molar-refractivity contribution in [2.24, 2.45) is 0 Å². The van der Waals surface area contributed by atoms with Crippen LogP contribution in [0.2, 0.25) is 0 Å². The number of rotatable bonds is 1. The molecule has 0 radical (unpaired) electrons. The molecule has 2 rings (SSSR count). The summed E-state index contributed by atoms with van der Waals surface area (Å²) in [5, 5.41) is 19.1. The summed E-state index contributed by atoms with van der Waals surface area (Å²) >= 11 is 0. The van der Waals surface area contributed by atoms with E-state index in [4.69, 9.17) is 4.74 Å². The zero-order chi connectivity index (χ0) is 12.7. The van der Waals surface area contributed by atoms with Crippen molar-refractivity contribution in [2.45, 2.75) is 31.5 Å². The van der Waals surface area contributed by atoms with E-state index in [-0.39, 0.29) is 0 Å². The van der Waals surface area contributed by atoms with E-state index in [1.807, 2.05) is 0 Å². The van der Waals surface area contributed by atoms with Gasteiger partial charge in [0.1, 0.15) is 12.2 Å². The Bertz CT molecular complexity index is 539. The van der Waals surface area contributed by atoms with Crippen LogP contribution in [0.3, 0.4) is 0 Å². The minimum absolute atomic E-state index is 0.639. The number of aliphatic hydroxyl groups excluding tert-OH is 2. The third-order valence-corrected chi connectivity index (χ3v) is 2.68. The molecule has 1 aliphatic rings. The number of nitrogens with zero attached hydrogens (tertiary/aromatic N) is 1. The van der Waals surface area contributed by atoms with Gasteiger partial charge in [0.05, 0.1) is 12.3 Å². The number of aliphatic hydroxyl groups is 2. The van der Waals surface area contributed by atoms with Crippen LogP contribution in [0.5, 0.6) is 0 Å². The molecule has 17 heavy (non-hydrogen) atoms. The maximum atomic E-state index is 13.0. The number of nitrogens with one attached hydrogen (secondary N) is 1. The lowest BCUT2D eigenvalue weighted by Gasteiger charge is -2.16. The molecule has 7 nitrogen and oxygen atoms in total. The summed E-state index contributed by atoms with van der Waals surface area (Å²) in [7, 11) is 0. The molecule has 8 heteroatoms. The van der Waals surface area contributed by atoms with Gasteiger partial charge in [-0.25, -0.2) is 4.79 Å². The highest BCUT2D eigenvalue weighted by Crippen LogP contribution is 2.27. The Balaban J connectivity index is 2.46. The van der Waals surface area contributed by atoms with Crippen LogP contribution in [-0.2, 0) is 4.74 Å². The van der Waals surface area contributed by atoms with Crippen LogP contribution < -0.4 is 11.2 Å². The quantitative estimate of drug-likeness (QED) is 0.548. The predicted octanol–water partition coefficient (Wildman–Crippen LogP) is -1.69. The second-order valence-electron chi connectivity index (χ2n) is 3.86. The zero-order valence-corrected chi connectivity index (χ0v) is 8.83. The number of aromatic nitrogens is 2. The second kappa shape index (κ2) is 4.06. The van der Waals surface area contributed by atoms with Crippen molar-refractivity contribution in [1.82, 2.24) is 9.55 Å². The van der Waals surface area contributed by atoms with Crippen LogP contribution in [0.15, 0.2) is 15.8 Å². The van der Waals surface area contributed by atoms with Gasteiger partial charge in [-0.2, -0.15) is 4.39 Å². The average Bonchev–Trinajstić information content (AvgIpc) is 2.51. The molecule has 94 valence electrons. The van der Waals surface area contributed by atoms with Crippen molar-refractivity contribution in [3.63, 3.8) is 0 Å². The van der Waals surface area contributed by atoms with Gasteiger partial charge >= 0.3 is 5.69 Å². The topological polar surface area (TPSA) is 105 Å². The first-order valence-corrected chi connectivity index (χ1v) is 4.94. The fraction of sp³-hybridized carbons (Fsp3) is 0.556. The highest BCUT2D eigenvalue weighted by molar-refractivity contribution is 4.93. The molecular weight excluding hydrogens is 235 g/mol. The number of halogens is 1. The Kier molecular flexibility index (Phi) is 2.86. The van der Waals surface area contributed by atoms with Gasteiger partial charge in [0.15, 0.2) is 6.23 Å². The first kappa shape index (κ1) is 12.0. The van der Waals surface area contributed by atoms with E-state index in [1.165, 1.54) is 6.92 Å². The summed E-state index contributed by atoms with van der Waals surface area (Å²) in [6.07, 6.45) is -3.83. The zero-order valence-electron chi connectivity index (χ0n) is 8.83. The van der Waals surface area contributed by atoms with E-state index in [0.29, 0.717) is 10.8 Å². The Morgan fingerprint density at radius 3 is 2.59 bits per heavy atom. The Morgan fingerprint density at radius 1 is 1.41 bits per heavy atom. The van der Waals surface area contributed by atoms with Gasteiger partial charge < -0.3 is 14.9 Å². The lowest BCUT2D eigenvalue weighted by molar-refractivity contribution is -0.0356. The van der Waals surface area contributed by atoms with Crippen molar-refractivity contribution >= 4 is 0 Å². The van der Waals surface area contributed by atoms with E-state index in [0.717, 1.165) is 0 Å². The minimum Gasteiger partial charge on any atom is -0.388 e. The summed E-state index contributed by atoms with van der Waals surface area (Å²) in [5.41, 5.74) is -2.06. The minimum atomic E-state index is -1.37. The van der Waals surface area contributed by atoms with Crippen molar-refractivity contribution in [3.8, 4) is 0 Å². The molecular formula is C9H11FN2O5. The number of ether oxygens (including phenoxy) is 1. The van der Waals surface area contributed by atoms with Crippen LogP contribution >= 0.6 is 0 Å². The largest absolute Gasteiger partial charge is 0.388 e. The van der Waals surface area contributed by atoms with Crippen molar-refractivity contribution < 1.29 is 19.3 Å². The Labute approximate surface area is 94.1 Å². The van der Waals surface area contributed by atoms with Crippen LogP contribution in [0.1, 0.15) is 13.2 Å². The smallest absolute Gasteiger partial charge is 0.330 e. The Hall–Kier alpha value is -1.51. The highest BCUT2D eigenvalue weighted by Gasteiger charge is 2.41. The van der Waals surface area contributed by atoms with Gasteiger partial charge in [-0.1, -0.05) is 0 Å². The molecule has 3 N–H and O–H groups in total. The first-order valence-electron chi connectivity index (χ1n) is 4.94. The number of H-pyrrole nitrogens is 1. The molecule has 4 atom stereocenters. The molecule has 1 saturated heterocycles. The van der Waals surface area contributed by atoms with E-state index < -0.39 is 41.6 Å². The van der Waals surface area contributed by atoms with Crippen molar-refractivity contribution in [3.05, 3.63) is 32.9 Å². The molecule has 1 fully saturated rings. The molecule has 0 amide bonds. The summed E-state index contributed by atoms with van der Waals surface area (Å²) in [4.78, 5) is 24.0. The highest BCUT2D eigenvalue weighted by atomic mass is 19.1. The second-order valence-corrected chi connectivity index (χ2v) is 3.86. The molecule has 0 aromatic carbocycles. The number of aromatic amines is 1. The third kappa shape index (κ3) is 1.90. The number of hydrogen-bond acceptors (Lipinski definition) is 5. The lowest BCUT2D eigenvalue weighted by atomic mass is 10.1. The van der Waals surface area contributed by atoms with Gasteiger partial charge in [-0.3, -0.25) is 14.3 Å².